The molecule has 1 atom stereocenters. The molecule has 0 bridgehead atoms. The fourth-order valence-corrected chi connectivity index (χ4v) is 2.37. The first kappa shape index (κ1) is 14.6. The fourth-order valence-electron chi connectivity index (χ4n) is 2.37. The Morgan fingerprint density at radius 2 is 1.80 bits per heavy atom. The Bertz CT molecular complexity index is 491. The number of aliphatic carboxylic acids is 1. The monoisotopic (exact) mass is 290 g/mol. The van der Waals surface area contributed by atoms with E-state index in [1.165, 1.54) is 12.1 Å². The highest BCUT2D eigenvalue weighted by atomic mass is 19.4. The molecule has 1 aliphatic carbocycles. The molecule has 0 aromatic heterocycles. The van der Waals surface area contributed by atoms with Crippen LogP contribution >= 0.6 is 0 Å². The van der Waals surface area contributed by atoms with Crippen molar-refractivity contribution < 1.29 is 32.9 Å². The maximum atomic E-state index is 12.0. The van der Waals surface area contributed by atoms with Gasteiger partial charge >= 0.3 is 12.3 Å². The van der Waals surface area contributed by atoms with Gasteiger partial charge in [-0.3, -0.25) is 4.79 Å². The third-order valence-corrected chi connectivity index (χ3v) is 3.45. The summed E-state index contributed by atoms with van der Waals surface area (Å²) in [7, 11) is 0. The second-order valence-corrected chi connectivity index (χ2v) is 4.85. The summed E-state index contributed by atoms with van der Waals surface area (Å²) >= 11 is 0. The Balaban J connectivity index is 2.21. The summed E-state index contributed by atoms with van der Waals surface area (Å²) in [5.41, 5.74) is -1.06. The van der Waals surface area contributed by atoms with Crippen LogP contribution in [-0.4, -0.2) is 28.1 Å². The normalized spacial score (nSPS) is 19.0. The number of halogens is 3. The van der Waals surface area contributed by atoms with Gasteiger partial charge in [-0.2, -0.15) is 0 Å². The summed E-state index contributed by atoms with van der Waals surface area (Å²) in [6.07, 6.45) is -3.33. The number of carboxylic acids is 1. The fraction of sp³-hybridized carbons (Fsp3) is 0.462. The van der Waals surface area contributed by atoms with E-state index in [0.717, 1.165) is 18.6 Å². The van der Waals surface area contributed by atoms with Crippen LogP contribution in [0.25, 0.3) is 0 Å². The van der Waals surface area contributed by atoms with Gasteiger partial charge in [0.1, 0.15) is 11.7 Å². The van der Waals surface area contributed by atoms with Crippen LogP contribution in [-0.2, 0) is 4.79 Å². The van der Waals surface area contributed by atoms with Gasteiger partial charge in [-0.1, -0.05) is 12.1 Å². The Morgan fingerprint density at radius 1 is 1.25 bits per heavy atom. The van der Waals surface area contributed by atoms with Crippen LogP contribution < -0.4 is 4.74 Å². The van der Waals surface area contributed by atoms with Gasteiger partial charge in [-0.15, -0.1) is 13.2 Å². The van der Waals surface area contributed by atoms with Crippen LogP contribution in [0.5, 0.6) is 5.75 Å². The first-order valence-corrected chi connectivity index (χ1v) is 6.02. The number of hydrogen-bond donors (Lipinski definition) is 2. The minimum absolute atomic E-state index is 0.259. The van der Waals surface area contributed by atoms with Gasteiger partial charge in [0.2, 0.25) is 0 Å². The van der Waals surface area contributed by atoms with Gasteiger partial charge in [0.15, 0.2) is 0 Å². The number of benzene rings is 1. The van der Waals surface area contributed by atoms with Gasteiger partial charge in [-0.25, -0.2) is 0 Å². The van der Waals surface area contributed by atoms with E-state index in [4.69, 9.17) is 0 Å². The summed E-state index contributed by atoms with van der Waals surface area (Å²) in [5, 5.41) is 19.4. The van der Waals surface area contributed by atoms with Crippen LogP contribution in [0.15, 0.2) is 24.3 Å². The van der Waals surface area contributed by atoms with Crippen molar-refractivity contribution in [3.63, 3.8) is 0 Å². The van der Waals surface area contributed by atoms with Crippen LogP contribution in [0.4, 0.5) is 13.2 Å². The van der Waals surface area contributed by atoms with Crippen molar-refractivity contribution in [1.82, 2.24) is 0 Å². The summed E-state index contributed by atoms with van der Waals surface area (Å²) in [6, 6.07) is 4.55. The second-order valence-electron chi connectivity index (χ2n) is 4.85. The molecule has 2 rings (SSSR count). The summed E-state index contributed by atoms with van der Waals surface area (Å²) in [4.78, 5) is 11.3. The Labute approximate surface area is 112 Å². The highest BCUT2D eigenvalue weighted by molar-refractivity contribution is 5.78. The molecule has 0 radical (unpaired) electrons. The zero-order chi connectivity index (χ0) is 15.0. The molecule has 1 aromatic rings. The van der Waals surface area contributed by atoms with Crippen molar-refractivity contribution in [2.24, 2.45) is 0 Å². The van der Waals surface area contributed by atoms with Gasteiger partial charge < -0.3 is 14.9 Å². The molecule has 0 aliphatic heterocycles. The van der Waals surface area contributed by atoms with Crippen LogP contribution in [0.1, 0.15) is 30.7 Å². The van der Waals surface area contributed by atoms with E-state index in [9.17, 15) is 28.2 Å². The lowest BCUT2D eigenvalue weighted by Gasteiger charge is -2.41. The van der Waals surface area contributed by atoms with Gasteiger partial charge in [0.25, 0.3) is 0 Å². The standard InChI is InChI=1S/C13H13F3O4/c14-13(15,16)20-9-4-2-8(3-5-9)10(11(17)18)12(19)6-1-7-12/h2-5,10,19H,1,6-7H2,(H,17,18)/t10-/m1/s1. The average molecular weight is 290 g/mol. The summed E-state index contributed by atoms with van der Waals surface area (Å²) in [6.45, 7) is 0. The molecule has 7 heteroatoms. The number of hydrogen-bond acceptors (Lipinski definition) is 3. The number of carboxylic acid groups (broad SMARTS) is 1. The molecular weight excluding hydrogens is 277 g/mol. The number of alkyl halides is 3. The molecule has 0 unspecified atom stereocenters. The van der Waals surface area contributed by atoms with Crippen molar-refractivity contribution in [2.75, 3.05) is 0 Å². The average Bonchev–Trinajstić information content (AvgIpc) is 2.27. The van der Waals surface area contributed by atoms with E-state index < -0.39 is 29.6 Å². The van der Waals surface area contributed by atoms with E-state index in [-0.39, 0.29) is 5.56 Å². The molecule has 110 valence electrons. The lowest BCUT2D eigenvalue weighted by molar-refractivity contribution is -0.274. The first-order chi connectivity index (χ1) is 9.21. The topological polar surface area (TPSA) is 66.8 Å². The molecule has 1 fully saturated rings. The van der Waals surface area contributed by atoms with Crippen LogP contribution in [0.3, 0.4) is 0 Å². The molecule has 1 saturated carbocycles. The zero-order valence-corrected chi connectivity index (χ0v) is 10.4. The van der Waals surface area contributed by atoms with Gasteiger partial charge in [0, 0.05) is 0 Å². The van der Waals surface area contributed by atoms with Crippen LogP contribution in [0.2, 0.25) is 0 Å². The SMILES string of the molecule is O=C(O)[C@@H](c1ccc(OC(F)(F)F)cc1)C1(O)CCC1. The second kappa shape index (κ2) is 4.97. The third-order valence-electron chi connectivity index (χ3n) is 3.45. The highest BCUT2D eigenvalue weighted by Crippen LogP contribution is 2.44. The number of rotatable bonds is 4. The van der Waals surface area contributed by atoms with Gasteiger partial charge in [-0.05, 0) is 37.0 Å². The Morgan fingerprint density at radius 3 is 2.15 bits per heavy atom. The quantitative estimate of drug-likeness (QED) is 0.894. The number of aliphatic hydroxyl groups is 1. The smallest absolute Gasteiger partial charge is 0.481 e. The minimum Gasteiger partial charge on any atom is -0.481 e. The van der Waals surface area contributed by atoms with E-state index in [1.54, 1.807) is 0 Å². The van der Waals surface area contributed by atoms with Crippen molar-refractivity contribution in [3.8, 4) is 5.75 Å². The first-order valence-electron chi connectivity index (χ1n) is 6.02. The molecule has 1 aliphatic rings. The zero-order valence-electron chi connectivity index (χ0n) is 10.4. The maximum Gasteiger partial charge on any atom is 0.573 e. The summed E-state index contributed by atoms with van der Waals surface area (Å²) < 4.78 is 39.8. The largest absolute Gasteiger partial charge is 0.573 e. The molecule has 0 heterocycles. The number of ether oxygens (including phenoxy) is 1. The Kier molecular flexibility index (Phi) is 3.64. The lowest BCUT2D eigenvalue weighted by Crippen LogP contribution is -2.46. The molecular formula is C13H13F3O4. The van der Waals surface area contributed by atoms with E-state index in [2.05, 4.69) is 4.74 Å². The lowest BCUT2D eigenvalue weighted by atomic mass is 9.68. The number of carbonyl (C=O) groups is 1. The van der Waals surface area contributed by atoms with Crippen molar-refractivity contribution in [1.29, 1.82) is 0 Å². The van der Waals surface area contributed by atoms with E-state index in [1.807, 2.05) is 0 Å². The van der Waals surface area contributed by atoms with Gasteiger partial charge in [0.05, 0.1) is 5.60 Å². The van der Waals surface area contributed by atoms with E-state index >= 15 is 0 Å². The predicted octanol–water partition coefficient (Wildman–Crippen LogP) is 2.67. The maximum absolute atomic E-state index is 12.0. The molecule has 0 amide bonds. The molecule has 4 nitrogen and oxygen atoms in total. The molecule has 20 heavy (non-hydrogen) atoms. The molecule has 0 saturated heterocycles. The van der Waals surface area contributed by atoms with Crippen LogP contribution in [0, 0.1) is 0 Å². The van der Waals surface area contributed by atoms with Crippen molar-refractivity contribution >= 4 is 5.97 Å². The highest BCUT2D eigenvalue weighted by Gasteiger charge is 2.47. The minimum atomic E-state index is -4.79. The predicted molar refractivity (Wildman–Crippen MR) is 62.3 cm³/mol. The van der Waals surface area contributed by atoms with E-state index in [0.29, 0.717) is 12.8 Å². The van der Waals surface area contributed by atoms with Crippen molar-refractivity contribution in [3.05, 3.63) is 29.8 Å². The third kappa shape index (κ3) is 3.04. The molecule has 0 spiro atoms. The molecule has 1 aromatic carbocycles. The Hall–Kier alpha value is -1.76. The molecule has 2 N–H and O–H groups in total. The van der Waals surface area contributed by atoms with Crippen molar-refractivity contribution in [2.45, 2.75) is 37.1 Å². The summed E-state index contributed by atoms with van der Waals surface area (Å²) in [5.74, 6) is -2.76.